The van der Waals surface area contributed by atoms with E-state index in [1.165, 1.54) is 22.6 Å². The van der Waals surface area contributed by atoms with E-state index in [1.54, 1.807) is 35.0 Å². The van der Waals surface area contributed by atoms with Gasteiger partial charge in [0.05, 0.1) is 11.4 Å². The summed E-state index contributed by atoms with van der Waals surface area (Å²) in [7, 11) is -3.89. The molecule has 142 valence electrons. The zero-order valence-electron chi connectivity index (χ0n) is 15.5. The number of fused-ring (bicyclic) bond motifs is 2. The zero-order chi connectivity index (χ0) is 20.1. The van der Waals surface area contributed by atoms with Gasteiger partial charge >= 0.3 is 0 Å². The number of aromatic nitrogens is 3. The fraction of sp³-hybridized carbons (Fsp3) is 0.150. The molecule has 7 nitrogen and oxygen atoms in total. The lowest BCUT2D eigenvalue weighted by Gasteiger charge is -2.11. The maximum absolute atomic E-state index is 13.2. The van der Waals surface area contributed by atoms with E-state index in [0.717, 1.165) is 5.56 Å². The molecule has 0 aliphatic heterocycles. The Balaban J connectivity index is 2.15. The normalized spacial score (nSPS) is 11.9. The highest BCUT2D eigenvalue weighted by atomic mass is 32.2. The van der Waals surface area contributed by atoms with Crippen LogP contribution in [0.3, 0.4) is 0 Å². The van der Waals surface area contributed by atoms with Crippen molar-refractivity contribution in [1.82, 2.24) is 9.38 Å². The first-order valence-corrected chi connectivity index (χ1v) is 10.3. The Morgan fingerprint density at radius 1 is 1.14 bits per heavy atom. The number of benzene rings is 1. The van der Waals surface area contributed by atoms with Crippen molar-refractivity contribution < 1.29 is 13.0 Å². The van der Waals surface area contributed by atoms with Crippen LogP contribution in [0.15, 0.2) is 69.3 Å². The highest BCUT2D eigenvalue weighted by Gasteiger charge is 2.28. The summed E-state index contributed by atoms with van der Waals surface area (Å²) in [6, 6.07) is 13.0. The molecule has 0 saturated heterocycles. The van der Waals surface area contributed by atoms with Gasteiger partial charge < -0.3 is 5.73 Å². The lowest BCUT2D eigenvalue weighted by Crippen LogP contribution is -2.40. The van der Waals surface area contributed by atoms with E-state index in [4.69, 9.17) is 5.73 Å². The third-order valence-corrected chi connectivity index (χ3v) is 6.52. The Hall–Kier alpha value is -3.26. The number of nitrogen functional groups attached to an aromatic ring is 1. The molecule has 0 saturated carbocycles. The van der Waals surface area contributed by atoms with Crippen LogP contribution in [0.25, 0.3) is 16.7 Å². The molecular formula is C20H19N4O3S+. The van der Waals surface area contributed by atoms with E-state index in [1.807, 2.05) is 19.9 Å². The van der Waals surface area contributed by atoms with Gasteiger partial charge in [0, 0.05) is 6.20 Å². The van der Waals surface area contributed by atoms with E-state index in [0.29, 0.717) is 17.8 Å². The first-order valence-electron chi connectivity index (χ1n) is 8.79. The first kappa shape index (κ1) is 18.1. The molecule has 28 heavy (non-hydrogen) atoms. The summed E-state index contributed by atoms with van der Waals surface area (Å²) in [6.45, 7) is 4.07. The minimum atomic E-state index is -3.89. The van der Waals surface area contributed by atoms with Crippen molar-refractivity contribution >= 4 is 32.3 Å². The van der Waals surface area contributed by atoms with Crippen molar-refractivity contribution in [3.05, 3.63) is 70.6 Å². The molecule has 2 N–H and O–H groups in total. The van der Waals surface area contributed by atoms with Crippen LogP contribution in [0, 0.1) is 6.92 Å². The van der Waals surface area contributed by atoms with Crippen molar-refractivity contribution in [2.45, 2.75) is 30.2 Å². The maximum atomic E-state index is 13.2. The van der Waals surface area contributed by atoms with Gasteiger partial charge in [-0.2, -0.15) is 0 Å². The predicted octanol–water partition coefficient (Wildman–Crippen LogP) is 1.88. The van der Waals surface area contributed by atoms with E-state index >= 15 is 0 Å². The van der Waals surface area contributed by atoms with Gasteiger partial charge in [0.1, 0.15) is 10.3 Å². The molecule has 0 amide bonds. The molecule has 0 spiro atoms. The Bertz CT molecular complexity index is 1390. The van der Waals surface area contributed by atoms with Crippen LogP contribution in [0.4, 0.5) is 5.82 Å². The minimum absolute atomic E-state index is 0.0576. The summed E-state index contributed by atoms with van der Waals surface area (Å²) in [5.41, 5.74) is 7.63. The molecule has 1 aromatic carbocycles. The largest absolute Gasteiger partial charge is 0.317 e. The third-order valence-electron chi connectivity index (χ3n) is 4.72. The van der Waals surface area contributed by atoms with Crippen molar-refractivity contribution in [3.8, 4) is 0 Å². The lowest BCUT2D eigenvalue weighted by molar-refractivity contribution is -0.656. The number of rotatable bonds is 3. The van der Waals surface area contributed by atoms with E-state index in [-0.39, 0.29) is 26.6 Å². The standard InChI is InChI=1S/C20H18N4O3S/c1-3-23-18(21)16(28(26,27)14-7-5-4-6-8-14)11-15-19(23)22-17-10-9-13(2)12-24(17)20(15)25/h4-12,21H,3H2,1-2H3/p+1. The van der Waals surface area contributed by atoms with E-state index < -0.39 is 9.84 Å². The Kier molecular flexibility index (Phi) is 4.15. The molecule has 0 aliphatic rings. The molecule has 0 atom stereocenters. The van der Waals surface area contributed by atoms with Crippen LogP contribution in [-0.2, 0) is 16.4 Å². The summed E-state index contributed by atoms with van der Waals surface area (Å²) in [5, 5.41) is 0.202. The molecule has 0 bridgehead atoms. The molecular weight excluding hydrogens is 376 g/mol. The second kappa shape index (κ2) is 6.42. The van der Waals surface area contributed by atoms with Crippen LogP contribution in [0.5, 0.6) is 0 Å². The van der Waals surface area contributed by atoms with Gasteiger partial charge in [-0.25, -0.2) is 13.0 Å². The number of sulfone groups is 1. The summed E-state index contributed by atoms with van der Waals surface area (Å²) in [6.07, 6.45) is 1.68. The second-order valence-electron chi connectivity index (χ2n) is 6.54. The Morgan fingerprint density at radius 3 is 2.54 bits per heavy atom. The van der Waals surface area contributed by atoms with Crippen LogP contribution in [0.1, 0.15) is 12.5 Å². The smallest absolute Gasteiger partial charge is 0.278 e. The molecule has 0 unspecified atom stereocenters. The fourth-order valence-corrected chi connectivity index (χ4v) is 4.72. The molecule has 3 aromatic heterocycles. The lowest BCUT2D eigenvalue weighted by atomic mass is 10.2. The molecule has 0 fully saturated rings. The summed E-state index contributed by atoms with van der Waals surface area (Å²) in [4.78, 5) is 17.7. The number of nitrogens with zero attached hydrogens (tertiary/aromatic N) is 3. The molecule has 0 aliphatic carbocycles. The average molecular weight is 395 g/mol. The van der Waals surface area contributed by atoms with Gasteiger partial charge in [-0.3, -0.25) is 9.20 Å². The van der Waals surface area contributed by atoms with Crippen molar-refractivity contribution in [3.63, 3.8) is 0 Å². The molecule has 3 heterocycles. The van der Waals surface area contributed by atoms with Gasteiger partial charge in [0.15, 0.2) is 0 Å². The summed E-state index contributed by atoms with van der Waals surface area (Å²) < 4.78 is 29.3. The van der Waals surface area contributed by atoms with Gasteiger partial charge in [0.25, 0.3) is 11.2 Å². The van der Waals surface area contributed by atoms with Crippen molar-refractivity contribution in [2.24, 2.45) is 0 Å². The average Bonchev–Trinajstić information content (AvgIpc) is 2.69. The first-order chi connectivity index (χ1) is 13.3. The van der Waals surface area contributed by atoms with Crippen molar-refractivity contribution in [1.29, 1.82) is 0 Å². The number of pyridine rings is 2. The highest BCUT2D eigenvalue weighted by Crippen LogP contribution is 2.26. The van der Waals surface area contributed by atoms with Gasteiger partial charge in [-0.15, -0.1) is 0 Å². The van der Waals surface area contributed by atoms with E-state index in [9.17, 15) is 13.2 Å². The fourth-order valence-electron chi connectivity index (χ4n) is 3.29. The van der Waals surface area contributed by atoms with E-state index in [2.05, 4.69) is 4.98 Å². The van der Waals surface area contributed by atoms with Crippen LogP contribution >= 0.6 is 0 Å². The number of nitrogens with two attached hydrogens (primary N) is 1. The topological polar surface area (TPSA) is 98.4 Å². The molecule has 4 rings (SSSR count). The van der Waals surface area contributed by atoms with Crippen LogP contribution in [-0.4, -0.2) is 17.8 Å². The SMILES string of the molecule is CC[n+]1c(N)c(S(=O)(=O)c2ccccc2)cc2c(=O)n3cc(C)ccc3nc21. The maximum Gasteiger partial charge on any atom is 0.278 e. The molecule has 8 heteroatoms. The summed E-state index contributed by atoms with van der Waals surface area (Å²) >= 11 is 0. The predicted molar refractivity (Wildman–Crippen MR) is 106 cm³/mol. The molecule has 0 radical (unpaired) electrons. The van der Waals surface area contributed by atoms with Gasteiger partial charge in [0.2, 0.25) is 21.3 Å². The highest BCUT2D eigenvalue weighted by molar-refractivity contribution is 7.91. The Morgan fingerprint density at radius 2 is 1.86 bits per heavy atom. The Labute approximate surface area is 161 Å². The second-order valence-corrected chi connectivity index (χ2v) is 8.46. The zero-order valence-corrected chi connectivity index (χ0v) is 16.3. The van der Waals surface area contributed by atoms with Crippen molar-refractivity contribution in [2.75, 3.05) is 5.73 Å². The summed E-state index contributed by atoms with van der Waals surface area (Å²) in [5.74, 6) is 0.0576. The molecule has 4 aromatic rings. The minimum Gasteiger partial charge on any atom is -0.317 e. The van der Waals surface area contributed by atoms with Crippen LogP contribution < -0.4 is 15.9 Å². The monoisotopic (exact) mass is 395 g/mol. The van der Waals surface area contributed by atoms with Gasteiger partial charge in [-0.1, -0.05) is 29.2 Å². The van der Waals surface area contributed by atoms with Crippen LogP contribution in [0.2, 0.25) is 0 Å². The third kappa shape index (κ3) is 2.65. The number of hydrogen-bond donors (Lipinski definition) is 1. The quantitative estimate of drug-likeness (QED) is 0.422. The van der Waals surface area contributed by atoms with Gasteiger partial charge in [-0.05, 0) is 43.7 Å². The number of anilines is 1. The number of aryl methyl sites for hydroxylation is 2. The number of hydrogen-bond acceptors (Lipinski definition) is 5.